The molecule has 12 heavy (non-hydrogen) atoms. The smallest absolute Gasteiger partial charge is 0.210 e. The van der Waals surface area contributed by atoms with Crippen LogP contribution in [0.25, 0.3) is 0 Å². The second-order valence-corrected chi connectivity index (χ2v) is 3.66. The van der Waals surface area contributed by atoms with Crippen molar-refractivity contribution in [1.29, 1.82) is 0 Å². The molecule has 0 aliphatic carbocycles. The van der Waals surface area contributed by atoms with Crippen LogP contribution in [-0.4, -0.2) is 11.0 Å². The SMILES string of the molecule is CC(C)C.CCCC(C)[N+](=O)[O-]. The molecule has 0 amide bonds. The first kappa shape index (κ1) is 14.0. The van der Waals surface area contributed by atoms with E-state index in [0.29, 0.717) is 6.42 Å². The summed E-state index contributed by atoms with van der Waals surface area (Å²) < 4.78 is 0. The maximum absolute atomic E-state index is 9.89. The first-order valence-electron chi connectivity index (χ1n) is 4.55. The molecule has 0 N–H and O–H groups in total. The molecule has 0 aromatic carbocycles. The van der Waals surface area contributed by atoms with Gasteiger partial charge in [-0.25, -0.2) is 0 Å². The molecule has 0 saturated heterocycles. The monoisotopic (exact) mass is 175 g/mol. The van der Waals surface area contributed by atoms with Gasteiger partial charge in [-0.2, -0.15) is 0 Å². The largest absolute Gasteiger partial charge is 0.264 e. The third-order valence-corrected chi connectivity index (χ3v) is 1.07. The lowest BCUT2D eigenvalue weighted by Crippen LogP contribution is -2.13. The molecule has 0 spiro atoms. The Morgan fingerprint density at radius 2 is 1.58 bits per heavy atom. The van der Waals surface area contributed by atoms with E-state index in [4.69, 9.17) is 0 Å². The highest BCUT2D eigenvalue weighted by Gasteiger charge is 2.08. The molecule has 0 heterocycles. The van der Waals surface area contributed by atoms with Crippen LogP contribution >= 0.6 is 0 Å². The molecule has 3 heteroatoms. The van der Waals surface area contributed by atoms with E-state index >= 15 is 0 Å². The molecule has 0 aromatic rings. The van der Waals surface area contributed by atoms with Gasteiger partial charge in [-0.05, 0) is 12.3 Å². The van der Waals surface area contributed by atoms with Gasteiger partial charge < -0.3 is 0 Å². The highest BCUT2D eigenvalue weighted by atomic mass is 16.6. The first-order chi connectivity index (χ1) is 5.41. The number of rotatable bonds is 3. The van der Waals surface area contributed by atoms with E-state index in [1.165, 1.54) is 0 Å². The summed E-state index contributed by atoms with van der Waals surface area (Å²) in [5.74, 6) is 0.833. The van der Waals surface area contributed by atoms with E-state index in [9.17, 15) is 10.1 Å². The standard InChI is InChI=1S/C5H11NO2.C4H10/c1-3-4-5(2)6(7)8;1-4(2)3/h5H,3-4H2,1-2H3;4H,1-3H3. The second kappa shape index (κ2) is 8.50. The molecule has 74 valence electrons. The average molecular weight is 175 g/mol. The molecular weight excluding hydrogens is 154 g/mol. The summed E-state index contributed by atoms with van der Waals surface area (Å²) in [4.78, 5) is 9.65. The first-order valence-corrected chi connectivity index (χ1v) is 4.55. The van der Waals surface area contributed by atoms with Gasteiger partial charge in [0.25, 0.3) is 0 Å². The number of nitrogens with zero attached hydrogens (tertiary/aromatic N) is 1. The lowest BCUT2D eigenvalue weighted by atomic mass is 10.2. The summed E-state index contributed by atoms with van der Waals surface area (Å²) in [6, 6.07) is -0.361. The van der Waals surface area contributed by atoms with Crippen molar-refractivity contribution in [3.8, 4) is 0 Å². The van der Waals surface area contributed by atoms with E-state index in [0.717, 1.165) is 12.3 Å². The maximum atomic E-state index is 9.89. The molecule has 0 aliphatic rings. The third kappa shape index (κ3) is 16.2. The minimum Gasteiger partial charge on any atom is -0.264 e. The van der Waals surface area contributed by atoms with Crippen LogP contribution in [0.1, 0.15) is 47.5 Å². The third-order valence-electron chi connectivity index (χ3n) is 1.07. The van der Waals surface area contributed by atoms with Gasteiger partial charge in [0.05, 0.1) is 0 Å². The maximum Gasteiger partial charge on any atom is 0.210 e. The van der Waals surface area contributed by atoms with Gasteiger partial charge >= 0.3 is 0 Å². The molecule has 3 nitrogen and oxygen atoms in total. The lowest BCUT2D eigenvalue weighted by molar-refractivity contribution is -0.518. The van der Waals surface area contributed by atoms with Crippen molar-refractivity contribution in [3.05, 3.63) is 10.1 Å². The Labute approximate surface area is 75.3 Å². The highest BCUT2D eigenvalue weighted by molar-refractivity contribution is 4.44. The van der Waals surface area contributed by atoms with Crippen LogP contribution in [0.5, 0.6) is 0 Å². The van der Waals surface area contributed by atoms with E-state index in [1.807, 2.05) is 6.92 Å². The van der Waals surface area contributed by atoms with Crippen LogP contribution in [0.3, 0.4) is 0 Å². The van der Waals surface area contributed by atoms with Crippen molar-refractivity contribution in [2.24, 2.45) is 5.92 Å². The van der Waals surface area contributed by atoms with Gasteiger partial charge in [0.1, 0.15) is 0 Å². The Kier molecular flexibility index (Phi) is 9.88. The van der Waals surface area contributed by atoms with E-state index in [2.05, 4.69) is 20.8 Å². The molecule has 1 atom stereocenters. The predicted molar refractivity (Wildman–Crippen MR) is 51.9 cm³/mol. The molecule has 0 radical (unpaired) electrons. The molecule has 0 fully saturated rings. The molecule has 0 aromatic heterocycles. The topological polar surface area (TPSA) is 43.1 Å². The fraction of sp³-hybridized carbons (Fsp3) is 1.00. The Bertz CT molecular complexity index is 110. The number of nitro groups is 1. The molecule has 0 bridgehead atoms. The minimum absolute atomic E-state index is 0.247. The summed E-state index contributed by atoms with van der Waals surface area (Å²) in [6.45, 7) is 10.1. The van der Waals surface area contributed by atoms with Gasteiger partial charge in [-0.15, -0.1) is 0 Å². The van der Waals surface area contributed by atoms with Crippen LogP contribution in [0.15, 0.2) is 0 Å². The van der Waals surface area contributed by atoms with Gasteiger partial charge in [0.15, 0.2) is 0 Å². The zero-order valence-electron chi connectivity index (χ0n) is 8.83. The highest BCUT2D eigenvalue weighted by Crippen LogP contribution is 1.97. The molecule has 0 saturated carbocycles. The molecule has 0 aliphatic heterocycles. The van der Waals surface area contributed by atoms with Gasteiger partial charge in [0.2, 0.25) is 6.04 Å². The van der Waals surface area contributed by atoms with Crippen LogP contribution < -0.4 is 0 Å². The van der Waals surface area contributed by atoms with E-state index in [-0.39, 0.29) is 11.0 Å². The van der Waals surface area contributed by atoms with Crippen molar-refractivity contribution in [1.82, 2.24) is 0 Å². The normalized spacial score (nSPS) is 11.8. The lowest BCUT2D eigenvalue weighted by Gasteiger charge is -1.97. The molecule has 1 unspecified atom stereocenters. The minimum atomic E-state index is -0.361. The van der Waals surface area contributed by atoms with Crippen molar-refractivity contribution >= 4 is 0 Å². The molecule has 0 rings (SSSR count). The Hall–Kier alpha value is -0.600. The van der Waals surface area contributed by atoms with Crippen LogP contribution in [0.2, 0.25) is 0 Å². The Morgan fingerprint density at radius 1 is 1.25 bits per heavy atom. The summed E-state index contributed by atoms with van der Waals surface area (Å²) in [5, 5.41) is 9.89. The summed E-state index contributed by atoms with van der Waals surface area (Å²) in [6.07, 6.45) is 1.58. The molecular formula is C9H21NO2. The summed E-state index contributed by atoms with van der Waals surface area (Å²) >= 11 is 0. The van der Waals surface area contributed by atoms with Crippen molar-refractivity contribution in [2.75, 3.05) is 0 Å². The Balaban J connectivity index is 0. The van der Waals surface area contributed by atoms with Crippen molar-refractivity contribution < 1.29 is 4.92 Å². The van der Waals surface area contributed by atoms with Crippen LogP contribution in [0, 0.1) is 16.0 Å². The van der Waals surface area contributed by atoms with Crippen molar-refractivity contribution in [2.45, 2.75) is 53.5 Å². The quantitative estimate of drug-likeness (QED) is 0.488. The Morgan fingerprint density at radius 3 is 1.67 bits per heavy atom. The average Bonchev–Trinajstić information content (AvgIpc) is 1.86. The van der Waals surface area contributed by atoms with Gasteiger partial charge in [0, 0.05) is 18.3 Å². The zero-order chi connectivity index (χ0) is 10.1. The van der Waals surface area contributed by atoms with Gasteiger partial charge in [-0.1, -0.05) is 27.7 Å². The number of hydrogen-bond donors (Lipinski definition) is 0. The fourth-order valence-electron chi connectivity index (χ4n) is 0.523. The second-order valence-electron chi connectivity index (χ2n) is 3.66. The fourth-order valence-corrected chi connectivity index (χ4v) is 0.523. The number of hydrogen-bond acceptors (Lipinski definition) is 2. The van der Waals surface area contributed by atoms with Crippen LogP contribution in [-0.2, 0) is 0 Å². The summed E-state index contributed by atoms with van der Waals surface area (Å²) in [5.41, 5.74) is 0. The zero-order valence-corrected chi connectivity index (χ0v) is 8.83. The summed E-state index contributed by atoms with van der Waals surface area (Å²) in [7, 11) is 0. The van der Waals surface area contributed by atoms with Crippen LogP contribution in [0.4, 0.5) is 0 Å². The van der Waals surface area contributed by atoms with Gasteiger partial charge in [-0.3, -0.25) is 10.1 Å². The van der Waals surface area contributed by atoms with E-state index in [1.54, 1.807) is 6.92 Å². The predicted octanol–water partition coefficient (Wildman–Crippen LogP) is 3.11. The van der Waals surface area contributed by atoms with E-state index < -0.39 is 0 Å². The van der Waals surface area contributed by atoms with Crippen molar-refractivity contribution in [3.63, 3.8) is 0 Å².